The maximum Gasteiger partial charge on any atom is 0.275 e. The lowest BCUT2D eigenvalue weighted by Gasteiger charge is -1.94. The minimum Gasteiger partial charge on any atom is -1.00 e. The van der Waals surface area contributed by atoms with E-state index in [0.717, 1.165) is 0 Å². The summed E-state index contributed by atoms with van der Waals surface area (Å²) in [5.41, 5.74) is 1.99. The Bertz CT molecular complexity index is 261. The SMILES string of the molecule is C[n+]1ccc(C(=O)NO)cc1.[I-]. The summed E-state index contributed by atoms with van der Waals surface area (Å²) in [5.74, 6) is -0.495. The molecule has 1 aromatic heterocycles. The van der Waals surface area contributed by atoms with Crippen molar-refractivity contribution >= 4 is 5.91 Å². The van der Waals surface area contributed by atoms with Crippen LogP contribution >= 0.6 is 0 Å². The van der Waals surface area contributed by atoms with Crippen molar-refractivity contribution < 1.29 is 38.5 Å². The first-order valence-electron chi connectivity index (χ1n) is 3.14. The van der Waals surface area contributed by atoms with E-state index in [-0.39, 0.29) is 24.0 Å². The fraction of sp³-hybridized carbons (Fsp3) is 0.143. The monoisotopic (exact) mass is 280 g/mol. The molecular formula is C7H9IN2O2. The first-order valence-corrected chi connectivity index (χ1v) is 3.14. The minimum absolute atomic E-state index is 0. The van der Waals surface area contributed by atoms with Gasteiger partial charge < -0.3 is 24.0 Å². The first-order chi connectivity index (χ1) is 5.24. The predicted molar refractivity (Wildman–Crippen MR) is 36.9 cm³/mol. The molecule has 1 aromatic rings. The third kappa shape index (κ3) is 2.74. The van der Waals surface area contributed by atoms with E-state index in [1.807, 2.05) is 7.05 Å². The highest BCUT2D eigenvalue weighted by Gasteiger charge is 2.03. The van der Waals surface area contributed by atoms with Crippen molar-refractivity contribution in [3.63, 3.8) is 0 Å². The highest BCUT2D eigenvalue weighted by Crippen LogP contribution is 1.92. The summed E-state index contributed by atoms with van der Waals surface area (Å²) < 4.78 is 1.80. The number of carbonyl (C=O) groups is 1. The van der Waals surface area contributed by atoms with Crippen LogP contribution in [0.3, 0.4) is 0 Å². The zero-order valence-electron chi connectivity index (χ0n) is 6.49. The van der Waals surface area contributed by atoms with E-state index in [9.17, 15) is 4.79 Å². The number of hydrogen-bond donors (Lipinski definition) is 2. The van der Waals surface area contributed by atoms with Gasteiger partial charge in [-0.25, -0.2) is 10.0 Å². The molecule has 0 bridgehead atoms. The number of aromatic nitrogens is 1. The molecule has 0 fully saturated rings. The number of nitrogens with zero attached hydrogens (tertiary/aromatic N) is 1. The van der Waals surface area contributed by atoms with E-state index in [0.29, 0.717) is 5.56 Å². The lowest BCUT2D eigenvalue weighted by Crippen LogP contribution is -3.00. The molecule has 2 N–H and O–H groups in total. The van der Waals surface area contributed by atoms with Crippen LogP contribution in [-0.4, -0.2) is 11.1 Å². The van der Waals surface area contributed by atoms with Gasteiger partial charge in [0.05, 0.1) is 5.56 Å². The zero-order chi connectivity index (χ0) is 8.27. The highest BCUT2D eigenvalue weighted by atomic mass is 127. The van der Waals surface area contributed by atoms with E-state index < -0.39 is 5.91 Å². The largest absolute Gasteiger partial charge is 1.00 e. The number of rotatable bonds is 1. The van der Waals surface area contributed by atoms with Gasteiger partial charge in [0.1, 0.15) is 7.05 Å². The Labute approximate surface area is 87.2 Å². The molecule has 1 amide bonds. The molecule has 0 aliphatic heterocycles. The summed E-state index contributed by atoms with van der Waals surface area (Å²) in [6.07, 6.45) is 3.45. The maximum absolute atomic E-state index is 10.8. The molecule has 66 valence electrons. The van der Waals surface area contributed by atoms with Gasteiger partial charge in [-0.1, -0.05) is 0 Å². The van der Waals surface area contributed by atoms with Crippen molar-refractivity contribution in [3.05, 3.63) is 30.1 Å². The molecule has 1 rings (SSSR count). The fourth-order valence-corrected chi connectivity index (χ4v) is 0.717. The van der Waals surface area contributed by atoms with E-state index >= 15 is 0 Å². The van der Waals surface area contributed by atoms with Crippen molar-refractivity contribution in [1.82, 2.24) is 5.48 Å². The Hall–Kier alpha value is -0.690. The van der Waals surface area contributed by atoms with Crippen LogP contribution < -0.4 is 34.0 Å². The van der Waals surface area contributed by atoms with Crippen LogP contribution in [0.4, 0.5) is 0 Å². The van der Waals surface area contributed by atoms with Gasteiger partial charge in [0.25, 0.3) is 5.91 Å². The molecule has 4 nitrogen and oxygen atoms in total. The lowest BCUT2D eigenvalue weighted by atomic mass is 10.2. The smallest absolute Gasteiger partial charge is 0.275 e. The van der Waals surface area contributed by atoms with Crippen LogP contribution in [0, 0.1) is 0 Å². The van der Waals surface area contributed by atoms with Gasteiger partial charge in [0, 0.05) is 12.1 Å². The van der Waals surface area contributed by atoms with Crippen molar-refractivity contribution in [2.45, 2.75) is 0 Å². The normalized spacial score (nSPS) is 8.50. The molecule has 0 radical (unpaired) electrons. The number of halogens is 1. The zero-order valence-corrected chi connectivity index (χ0v) is 8.65. The molecule has 0 aromatic carbocycles. The van der Waals surface area contributed by atoms with Gasteiger partial charge in [-0.15, -0.1) is 0 Å². The molecule has 0 saturated carbocycles. The lowest BCUT2D eigenvalue weighted by molar-refractivity contribution is -0.671. The average Bonchev–Trinajstić information content (AvgIpc) is 2.05. The first kappa shape index (κ1) is 11.3. The molecule has 1 heterocycles. The van der Waals surface area contributed by atoms with Crippen LogP contribution in [0.2, 0.25) is 0 Å². The summed E-state index contributed by atoms with van der Waals surface area (Å²) in [7, 11) is 1.85. The summed E-state index contributed by atoms with van der Waals surface area (Å²) in [6, 6.07) is 3.23. The van der Waals surface area contributed by atoms with Crippen molar-refractivity contribution in [2.75, 3.05) is 0 Å². The standard InChI is InChI=1S/C7H8N2O2.HI/c1-9-4-2-6(3-5-9)7(10)8-11;/h2-5H,1H3,(H-,8,10,11);1H. The summed E-state index contributed by atoms with van der Waals surface area (Å²) in [4.78, 5) is 10.8. The Balaban J connectivity index is 0.00000121. The minimum atomic E-state index is -0.495. The van der Waals surface area contributed by atoms with Gasteiger partial charge in [-0.3, -0.25) is 10.0 Å². The van der Waals surface area contributed by atoms with E-state index in [2.05, 4.69) is 0 Å². The quantitative estimate of drug-likeness (QED) is 0.244. The van der Waals surface area contributed by atoms with Crippen molar-refractivity contribution in [2.24, 2.45) is 7.05 Å². The molecule has 0 aliphatic carbocycles. The predicted octanol–water partition coefficient (Wildman–Crippen LogP) is -3.37. The third-order valence-corrected chi connectivity index (χ3v) is 1.34. The number of hydroxylamine groups is 1. The molecule has 12 heavy (non-hydrogen) atoms. The highest BCUT2D eigenvalue weighted by molar-refractivity contribution is 5.92. The van der Waals surface area contributed by atoms with Gasteiger partial charge >= 0.3 is 0 Å². The molecule has 0 saturated heterocycles. The van der Waals surface area contributed by atoms with Crippen LogP contribution in [0.5, 0.6) is 0 Å². The number of aryl methyl sites for hydroxylation is 1. The third-order valence-electron chi connectivity index (χ3n) is 1.34. The molecule has 0 atom stereocenters. The second-order valence-electron chi connectivity index (χ2n) is 2.19. The molecular weight excluding hydrogens is 271 g/mol. The van der Waals surface area contributed by atoms with Gasteiger partial charge in [-0.05, 0) is 0 Å². The van der Waals surface area contributed by atoms with E-state index in [1.165, 1.54) is 0 Å². The second-order valence-corrected chi connectivity index (χ2v) is 2.19. The van der Waals surface area contributed by atoms with Gasteiger partial charge in [0.15, 0.2) is 12.4 Å². The Morgan fingerprint density at radius 3 is 2.42 bits per heavy atom. The number of amides is 1. The Kier molecular flexibility index (Phi) is 4.75. The average molecular weight is 280 g/mol. The maximum atomic E-state index is 10.8. The van der Waals surface area contributed by atoms with Gasteiger partial charge in [-0.2, -0.15) is 0 Å². The van der Waals surface area contributed by atoms with Crippen LogP contribution in [0.25, 0.3) is 0 Å². The number of hydrogen-bond acceptors (Lipinski definition) is 2. The topological polar surface area (TPSA) is 53.2 Å². The number of pyridine rings is 1. The van der Waals surface area contributed by atoms with Crippen molar-refractivity contribution in [1.29, 1.82) is 0 Å². The fourth-order valence-electron chi connectivity index (χ4n) is 0.717. The summed E-state index contributed by atoms with van der Waals surface area (Å²) in [5, 5.41) is 8.25. The molecule has 0 spiro atoms. The van der Waals surface area contributed by atoms with Crippen LogP contribution in [0.15, 0.2) is 24.5 Å². The summed E-state index contributed by atoms with van der Waals surface area (Å²) >= 11 is 0. The molecule has 0 unspecified atom stereocenters. The van der Waals surface area contributed by atoms with Crippen LogP contribution in [0.1, 0.15) is 10.4 Å². The van der Waals surface area contributed by atoms with E-state index in [4.69, 9.17) is 5.21 Å². The number of nitrogens with one attached hydrogen (secondary N) is 1. The van der Waals surface area contributed by atoms with Gasteiger partial charge in [0.2, 0.25) is 0 Å². The molecule has 0 aliphatic rings. The Morgan fingerprint density at radius 1 is 1.50 bits per heavy atom. The van der Waals surface area contributed by atoms with Crippen molar-refractivity contribution in [3.8, 4) is 0 Å². The Morgan fingerprint density at radius 2 is 2.00 bits per heavy atom. The molecule has 5 heteroatoms. The van der Waals surface area contributed by atoms with Crippen LogP contribution in [-0.2, 0) is 7.05 Å². The van der Waals surface area contributed by atoms with E-state index in [1.54, 1.807) is 34.6 Å². The summed E-state index contributed by atoms with van der Waals surface area (Å²) in [6.45, 7) is 0. The number of carbonyl (C=O) groups excluding carboxylic acids is 1. The second kappa shape index (κ2) is 5.04.